The van der Waals surface area contributed by atoms with Crippen LogP contribution in [0.5, 0.6) is 0 Å². The van der Waals surface area contributed by atoms with E-state index >= 15 is 0 Å². The van der Waals surface area contributed by atoms with Crippen molar-refractivity contribution in [3.63, 3.8) is 0 Å². The average molecular weight is 428 g/mol. The van der Waals surface area contributed by atoms with E-state index in [1.54, 1.807) is 4.80 Å². The number of nitrogens with zero attached hydrogens (tertiary/aromatic N) is 4. The third-order valence-corrected chi connectivity index (χ3v) is 6.63. The smallest absolute Gasteiger partial charge is 0.212 e. The van der Waals surface area contributed by atoms with Crippen molar-refractivity contribution in [2.24, 2.45) is 0 Å². The predicted octanol–water partition coefficient (Wildman–Crippen LogP) is 4.06. The fourth-order valence-electron chi connectivity index (χ4n) is 2.83. The Kier molecular flexibility index (Phi) is 6.99. The molecular formula is C22H29N5O2S. The summed E-state index contributed by atoms with van der Waals surface area (Å²) in [6.07, 6.45) is 1.67. The van der Waals surface area contributed by atoms with Crippen molar-refractivity contribution in [1.82, 2.24) is 24.9 Å². The van der Waals surface area contributed by atoms with E-state index < -0.39 is 10.0 Å². The molecule has 0 spiro atoms. The lowest BCUT2D eigenvalue weighted by Crippen LogP contribution is -2.32. The first-order valence-corrected chi connectivity index (χ1v) is 11.8. The van der Waals surface area contributed by atoms with Gasteiger partial charge in [-0.15, -0.1) is 10.2 Å². The summed E-state index contributed by atoms with van der Waals surface area (Å²) >= 11 is 0. The minimum Gasteiger partial charge on any atom is -0.212 e. The highest BCUT2D eigenvalue weighted by Gasteiger charge is 2.35. The Labute approximate surface area is 178 Å². The highest BCUT2D eigenvalue weighted by Crippen LogP contribution is 2.27. The zero-order chi connectivity index (χ0) is 21.7. The Morgan fingerprint density at radius 1 is 0.933 bits per heavy atom. The SMILES string of the molecule is CC(C)NS(=O)(=O)C1CC1.CC(C)n1nnc(-c2cccc(-c3ccccc3)c2)n1. The lowest BCUT2D eigenvalue weighted by molar-refractivity contribution is 0.455. The Hall–Kier alpha value is -2.58. The second kappa shape index (κ2) is 9.49. The Morgan fingerprint density at radius 2 is 1.57 bits per heavy atom. The van der Waals surface area contributed by atoms with Crippen molar-refractivity contribution < 1.29 is 8.42 Å². The zero-order valence-electron chi connectivity index (χ0n) is 17.9. The number of nitrogens with one attached hydrogen (secondary N) is 1. The molecular weight excluding hydrogens is 398 g/mol. The first kappa shape index (κ1) is 22.1. The van der Waals surface area contributed by atoms with Gasteiger partial charge in [-0.05, 0) is 62.9 Å². The van der Waals surface area contributed by atoms with Gasteiger partial charge in [0.25, 0.3) is 0 Å². The molecule has 0 amide bonds. The van der Waals surface area contributed by atoms with Crippen molar-refractivity contribution in [2.45, 2.75) is 57.9 Å². The van der Waals surface area contributed by atoms with Gasteiger partial charge >= 0.3 is 0 Å². The third-order valence-electron chi connectivity index (χ3n) is 4.48. The van der Waals surface area contributed by atoms with Crippen molar-refractivity contribution in [2.75, 3.05) is 0 Å². The number of benzene rings is 2. The van der Waals surface area contributed by atoms with Crippen LogP contribution in [0.1, 0.15) is 46.6 Å². The molecule has 1 fully saturated rings. The molecule has 8 heteroatoms. The molecule has 0 radical (unpaired) electrons. The third kappa shape index (κ3) is 5.96. The molecule has 7 nitrogen and oxygen atoms in total. The van der Waals surface area contributed by atoms with Gasteiger partial charge in [0.15, 0.2) is 0 Å². The summed E-state index contributed by atoms with van der Waals surface area (Å²) in [5.41, 5.74) is 3.33. The van der Waals surface area contributed by atoms with E-state index in [0.29, 0.717) is 5.82 Å². The highest BCUT2D eigenvalue weighted by molar-refractivity contribution is 7.90. The molecule has 30 heavy (non-hydrogen) atoms. The molecule has 0 bridgehead atoms. The molecule has 3 aromatic rings. The van der Waals surface area contributed by atoms with Crippen molar-refractivity contribution in [3.05, 3.63) is 54.6 Å². The van der Waals surface area contributed by atoms with Gasteiger partial charge in [0.2, 0.25) is 15.8 Å². The molecule has 0 unspecified atom stereocenters. The van der Waals surface area contributed by atoms with Crippen molar-refractivity contribution >= 4 is 10.0 Å². The lowest BCUT2D eigenvalue weighted by Gasteiger charge is -2.07. The molecule has 1 N–H and O–H groups in total. The summed E-state index contributed by atoms with van der Waals surface area (Å²) in [6.45, 7) is 7.73. The molecule has 160 valence electrons. The van der Waals surface area contributed by atoms with Gasteiger partial charge in [0.05, 0.1) is 11.3 Å². The summed E-state index contributed by atoms with van der Waals surface area (Å²) in [4.78, 5) is 1.63. The number of rotatable bonds is 6. The summed E-state index contributed by atoms with van der Waals surface area (Å²) in [5.74, 6) is 0.663. The van der Waals surface area contributed by atoms with Crippen LogP contribution >= 0.6 is 0 Å². The second-order valence-corrected chi connectivity index (χ2v) is 9.98. The number of hydrogen-bond acceptors (Lipinski definition) is 5. The predicted molar refractivity (Wildman–Crippen MR) is 119 cm³/mol. The fraction of sp³-hybridized carbons (Fsp3) is 0.409. The first-order chi connectivity index (χ1) is 14.3. The largest absolute Gasteiger partial charge is 0.214 e. The van der Waals surface area contributed by atoms with Crippen LogP contribution in [0.15, 0.2) is 54.6 Å². The maximum absolute atomic E-state index is 11.1. The van der Waals surface area contributed by atoms with Crippen LogP contribution < -0.4 is 4.72 Å². The van der Waals surface area contributed by atoms with E-state index in [1.165, 1.54) is 5.56 Å². The van der Waals surface area contributed by atoms with Crippen LogP contribution in [-0.2, 0) is 10.0 Å². The topological polar surface area (TPSA) is 89.8 Å². The van der Waals surface area contributed by atoms with Gasteiger partial charge in [-0.3, -0.25) is 0 Å². The van der Waals surface area contributed by atoms with Gasteiger partial charge in [-0.2, -0.15) is 4.80 Å². The van der Waals surface area contributed by atoms with Gasteiger partial charge in [-0.1, -0.05) is 48.5 Å². The number of hydrogen-bond donors (Lipinski definition) is 1. The quantitative estimate of drug-likeness (QED) is 0.641. The molecule has 0 saturated heterocycles. The van der Waals surface area contributed by atoms with Gasteiger partial charge in [0.1, 0.15) is 0 Å². The van der Waals surface area contributed by atoms with Gasteiger partial charge < -0.3 is 0 Å². The summed E-state index contributed by atoms with van der Waals surface area (Å²) in [5, 5.41) is 12.5. The monoisotopic (exact) mass is 427 g/mol. The van der Waals surface area contributed by atoms with E-state index in [-0.39, 0.29) is 17.3 Å². The zero-order valence-corrected chi connectivity index (χ0v) is 18.7. The minimum atomic E-state index is -2.94. The Balaban J connectivity index is 0.000000216. The maximum atomic E-state index is 11.1. The number of tetrazole rings is 1. The van der Waals surface area contributed by atoms with Crippen molar-refractivity contribution in [3.8, 4) is 22.5 Å². The summed E-state index contributed by atoms with van der Waals surface area (Å²) < 4.78 is 24.7. The Morgan fingerprint density at radius 3 is 2.13 bits per heavy atom. The average Bonchev–Trinajstić information content (AvgIpc) is 3.46. The molecule has 1 aliphatic rings. The molecule has 1 aliphatic carbocycles. The molecule has 0 atom stereocenters. The van der Waals surface area contributed by atoms with Gasteiger partial charge in [0, 0.05) is 11.6 Å². The van der Waals surface area contributed by atoms with Crippen LogP contribution in [0.3, 0.4) is 0 Å². The molecule has 0 aliphatic heterocycles. The molecule has 4 rings (SSSR count). The van der Waals surface area contributed by atoms with Crippen LogP contribution in [0, 0.1) is 0 Å². The van der Waals surface area contributed by atoms with E-state index in [1.807, 2.05) is 58.0 Å². The Bertz CT molecular complexity index is 1060. The molecule has 1 saturated carbocycles. The van der Waals surface area contributed by atoms with E-state index in [0.717, 1.165) is 24.0 Å². The van der Waals surface area contributed by atoms with E-state index in [4.69, 9.17) is 0 Å². The van der Waals surface area contributed by atoms with Crippen molar-refractivity contribution in [1.29, 1.82) is 0 Å². The molecule has 1 heterocycles. The number of aromatic nitrogens is 4. The van der Waals surface area contributed by atoms with E-state index in [9.17, 15) is 8.42 Å². The van der Waals surface area contributed by atoms with Crippen LogP contribution in [-0.4, -0.2) is 39.9 Å². The number of sulfonamides is 1. The van der Waals surface area contributed by atoms with Gasteiger partial charge in [-0.25, -0.2) is 13.1 Å². The highest BCUT2D eigenvalue weighted by atomic mass is 32.2. The summed E-state index contributed by atoms with van der Waals surface area (Å²) in [7, 11) is -2.94. The second-order valence-electron chi connectivity index (χ2n) is 7.99. The first-order valence-electron chi connectivity index (χ1n) is 10.2. The minimum absolute atomic E-state index is 0.0330. The van der Waals surface area contributed by atoms with E-state index in [2.05, 4.69) is 44.4 Å². The fourth-order valence-corrected chi connectivity index (χ4v) is 4.44. The maximum Gasteiger partial charge on any atom is 0.214 e. The van der Waals surface area contributed by atoms with Crippen LogP contribution in [0.25, 0.3) is 22.5 Å². The summed E-state index contributed by atoms with van der Waals surface area (Å²) in [6, 6.07) is 18.7. The molecule has 2 aromatic carbocycles. The van der Waals surface area contributed by atoms with Crippen LogP contribution in [0.2, 0.25) is 0 Å². The molecule has 1 aromatic heterocycles. The van der Waals surface area contributed by atoms with Crippen LogP contribution in [0.4, 0.5) is 0 Å². The lowest BCUT2D eigenvalue weighted by atomic mass is 10.0. The standard InChI is InChI=1S/C16H16N4.C6H13NO2S/c1-12(2)20-18-16(17-19-20)15-10-6-9-14(11-15)13-7-4-3-5-8-13;1-5(2)7-10(8,9)6-3-4-6/h3-12H,1-2H3;5-7H,3-4H2,1-2H3. The normalized spacial score (nSPS) is 13.9.